The van der Waals surface area contributed by atoms with E-state index in [4.69, 9.17) is 0 Å². The lowest BCUT2D eigenvalue weighted by Gasteiger charge is -2.13. The van der Waals surface area contributed by atoms with Crippen LogP contribution in [0, 0.1) is 13.8 Å². The zero-order valence-corrected chi connectivity index (χ0v) is 14.4. The summed E-state index contributed by atoms with van der Waals surface area (Å²) in [7, 11) is 3.47. The van der Waals surface area contributed by atoms with Gasteiger partial charge in [0.05, 0.1) is 0 Å². The SMILES string of the molecule is CCNC(=NCC(=O)N(C)C)NCCc1cc(C)cc(C)c1. The van der Waals surface area contributed by atoms with Gasteiger partial charge in [0, 0.05) is 27.2 Å². The van der Waals surface area contributed by atoms with E-state index in [2.05, 4.69) is 47.7 Å². The smallest absolute Gasteiger partial charge is 0.243 e. The van der Waals surface area contributed by atoms with Crippen LogP contribution in [0.4, 0.5) is 0 Å². The first kappa shape index (κ1) is 18.0. The molecule has 1 aromatic rings. The largest absolute Gasteiger partial charge is 0.357 e. The van der Waals surface area contributed by atoms with E-state index in [1.165, 1.54) is 16.7 Å². The molecule has 5 heteroatoms. The van der Waals surface area contributed by atoms with Crippen molar-refractivity contribution in [1.82, 2.24) is 15.5 Å². The summed E-state index contributed by atoms with van der Waals surface area (Å²) in [5, 5.41) is 6.42. The number of carbonyl (C=O) groups is 1. The van der Waals surface area contributed by atoms with Crippen molar-refractivity contribution in [2.45, 2.75) is 27.2 Å². The van der Waals surface area contributed by atoms with Gasteiger partial charge in [-0.1, -0.05) is 29.3 Å². The van der Waals surface area contributed by atoms with E-state index >= 15 is 0 Å². The van der Waals surface area contributed by atoms with Crippen LogP contribution in [0.2, 0.25) is 0 Å². The summed E-state index contributed by atoms with van der Waals surface area (Å²) in [6.45, 7) is 7.95. The molecule has 1 aromatic carbocycles. The lowest BCUT2D eigenvalue weighted by molar-refractivity contribution is -0.127. The molecular formula is C17H28N4O. The van der Waals surface area contributed by atoms with Gasteiger partial charge in [-0.05, 0) is 32.8 Å². The molecule has 1 amide bonds. The monoisotopic (exact) mass is 304 g/mol. The molecule has 2 N–H and O–H groups in total. The number of likely N-dealkylation sites (N-methyl/N-ethyl adjacent to an activating group) is 1. The van der Waals surface area contributed by atoms with Crippen molar-refractivity contribution in [3.8, 4) is 0 Å². The number of aryl methyl sites for hydroxylation is 2. The highest BCUT2D eigenvalue weighted by molar-refractivity contribution is 5.84. The summed E-state index contributed by atoms with van der Waals surface area (Å²) in [6, 6.07) is 6.58. The summed E-state index contributed by atoms with van der Waals surface area (Å²) in [5.74, 6) is 0.675. The molecular weight excluding hydrogens is 276 g/mol. The molecule has 0 bridgehead atoms. The van der Waals surface area contributed by atoms with Gasteiger partial charge >= 0.3 is 0 Å². The molecule has 0 unspecified atom stereocenters. The number of benzene rings is 1. The summed E-state index contributed by atoms with van der Waals surface area (Å²) >= 11 is 0. The molecule has 1 rings (SSSR count). The van der Waals surface area contributed by atoms with Crippen LogP contribution in [0.1, 0.15) is 23.6 Å². The minimum absolute atomic E-state index is 0.00786. The Balaban J connectivity index is 2.53. The van der Waals surface area contributed by atoms with E-state index in [0.717, 1.165) is 19.5 Å². The molecule has 0 spiro atoms. The second-order valence-electron chi connectivity index (χ2n) is 5.66. The summed E-state index contributed by atoms with van der Waals surface area (Å²) < 4.78 is 0. The molecule has 0 saturated heterocycles. The standard InChI is InChI=1S/C17H28N4O/c1-6-18-17(20-12-16(22)21(4)5)19-8-7-15-10-13(2)9-14(3)11-15/h9-11H,6-8,12H2,1-5H3,(H2,18,19,20). The van der Waals surface area contributed by atoms with Gasteiger partial charge in [0.25, 0.3) is 0 Å². The van der Waals surface area contributed by atoms with Gasteiger partial charge in [0.1, 0.15) is 6.54 Å². The van der Waals surface area contributed by atoms with Crippen molar-refractivity contribution in [2.75, 3.05) is 33.7 Å². The van der Waals surface area contributed by atoms with Gasteiger partial charge in [0.15, 0.2) is 5.96 Å². The van der Waals surface area contributed by atoms with Gasteiger partial charge in [0.2, 0.25) is 5.91 Å². The average Bonchev–Trinajstić information content (AvgIpc) is 2.43. The third-order valence-corrected chi connectivity index (χ3v) is 3.20. The molecule has 0 aliphatic carbocycles. The van der Waals surface area contributed by atoms with Crippen molar-refractivity contribution in [1.29, 1.82) is 0 Å². The predicted octanol–water partition coefficient (Wildman–Crippen LogP) is 1.49. The Morgan fingerprint density at radius 1 is 1.14 bits per heavy atom. The van der Waals surface area contributed by atoms with Crippen molar-refractivity contribution < 1.29 is 4.79 Å². The number of guanidine groups is 1. The fraction of sp³-hybridized carbons (Fsp3) is 0.529. The number of nitrogens with one attached hydrogen (secondary N) is 2. The van der Waals surface area contributed by atoms with Crippen molar-refractivity contribution in [3.05, 3.63) is 34.9 Å². The highest BCUT2D eigenvalue weighted by Gasteiger charge is 2.04. The maximum Gasteiger partial charge on any atom is 0.243 e. The summed E-state index contributed by atoms with van der Waals surface area (Å²) in [4.78, 5) is 17.4. The molecule has 0 aliphatic rings. The Hall–Kier alpha value is -2.04. The molecule has 0 aromatic heterocycles. The molecule has 0 saturated carbocycles. The number of hydrogen-bond acceptors (Lipinski definition) is 2. The van der Waals surface area contributed by atoms with Crippen LogP contribution >= 0.6 is 0 Å². The van der Waals surface area contributed by atoms with Crippen LogP contribution < -0.4 is 10.6 Å². The molecule has 0 atom stereocenters. The predicted molar refractivity (Wildman–Crippen MR) is 92.3 cm³/mol. The second-order valence-corrected chi connectivity index (χ2v) is 5.66. The number of aliphatic imine (C=N–C) groups is 1. The lowest BCUT2D eigenvalue weighted by atomic mass is 10.1. The molecule has 0 fully saturated rings. The summed E-state index contributed by atoms with van der Waals surface area (Å²) in [5.41, 5.74) is 3.88. The van der Waals surface area contributed by atoms with Crippen molar-refractivity contribution in [3.63, 3.8) is 0 Å². The molecule has 22 heavy (non-hydrogen) atoms. The molecule has 5 nitrogen and oxygen atoms in total. The topological polar surface area (TPSA) is 56.7 Å². The van der Waals surface area contributed by atoms with Crippen LogP contribution in [0.25, 0.3) is 0 Å². The maximum absolute atomic E-state index is 11.6. The van der Waals surface area contributed by atoms with E-state index in [1.54, 1.807) is 19.0 Å². The first-order valence-corrected chi connectivity index (χ1v) is 7.72. The third-order valence-electron chi connectivity index (χ3n) is 3.20. The van der Waals surface area contributed by atoms with E-state index in [-0.39, 0.29) is 12.5 Å². The molecule has 0 heterocycles. The summed E-state index contributed by atoms with van der Waals surface area (Å²) in [6.07, 6.45) is 0.925. The van der Waals surface area contributed by atoms with Crippen molar-refractivity contribution >= 4 is 11.9 Å². The van der Waals surface area contributed by atoms with E-state index < -0.39 is 0 Å². The lowest BCUT2D eigenvalue weighted by Crippen LogP contribution is -2.39. The first-order valence-electron chi connectivity index (χ1n) is 7.72. The number of rotatable bonds is 6. The Kier molecular flexibility index (Phi) is 7.43. The highest BCUT2D eigenvalue weighted by atomic mass is 16.2. The Bertz CT molecular complexity index is 503. The van der Waals surface area contributed by atoms with Gasteiger partial charge in [-0.2, -0.15) is 0 Å². The van der Waals surface area contributed by atoms with Gasteiger partial charge < -0.3 is 15.5 Å². The minimum atomic E-state index is -0.00786. The fourth-order valence-electron chi connectivity index (χ4n) is 2.17. The Morgan fingerprint density at radius 3 is 2.32 bits per heavy atom. The van der Waals surface area contributed by atoms with E-state index in [1.807, 2.05) is 6.92 Å². The highest BCUT2D eigenvalue weighted by Crippen LogP contribution is 2.08. The van der Waals surface area contributed by atoms with Gasteiger partial charge in [-0.15, -0.1) is 0 Å². The molecule has 0 aliphatic heterocycles. The zero-order valence-electron chi connectivity index (χ0n) is 14.4. The quantitative estimate of drug-likeness (QED) is 0.618. The van der Waals surface area contributed by atoms with Crippen LogP contribution in [0.3, 0.4) is 0 Å². The number of carbonyl (C=O) groups excluding carboxylic acids is 1. The Morgan fingerprint density at radius 2 is 1.77 bits per heavy atom. The van der Waals surface area contributed by atoms with Gasteiger partial charge in [-0.3, -0.25) is 4.79 Å². The molecule has 0 radical (unpaired) electrons. The second kappa shape index (κ2) is 9.07. The number of nitrogens with zero attached hydrogens (tertiary/aromatic N) is 2. The van der Waals surface area contributed by atoms with Crippen molar-refractivity contribution in [2.24, 2.45) is 4.99 Å². The van der Waals surface area contributed by atoms with E-state index in [9.17, 15) is 4.79 Å². The van der Waals surface area contributed by atoms with Crippen LogP contribution in [-0.4, -0.2) is 50.5 Å². The zero-order chi connectivity index (χ0) is 16.5. The van der Waals surface area contributed by atoms with E-state index in [0.29, 0.717) is 5.96 Å². The Labute approximate surface area is 133 Å². The fourth-order valence-corrected chi connectivity index (χ4v) is 2.17. The van der Waals surface area contributed by atoms with Crippen LogP contribution in [0.15, 0.2) is 23.2 Å². The minimum Gasteiger partial charge on any atom is -0.357 e. The van der Waals surface area contributed by atoms with Gasteiger partial charge in [-0.25, -0.2) is 4.99 Å². The average molecular weight is 304 g/mol. The number of hydrogen-bond donors (Lipinski definition) is 2. The number of amides is 1. The normalized spacial score (nSPS) is 11.2. The maximum atomic E-state index is 11.6. The van der Waals surface area contributed by atoms with Crippen LogP contribution in [0.5, 0.6) is 0 Å². The molecule has 122 valence electrons. The first-order chi connectivity index (χ1) is 10.4. The van der Waals surface area contributed by atoms with Crippen LogP contribution in [-0.2, 0) is 11.2 Å². The third kappa shape index (κ3) is 6.61.